The van der Waals surface area contributed by atoms with Gasteiger partial charge in [0.2, 0.25) is 10.0 Å². The van der Waals surface area contributed by atoms with E-state index in [-0.39, 0.29) is 19.2 Å². The normalized spacial score (nSPS) is 18.1. The molecule has 1 saturated heterocycles. The molecule has 0 spiro atoms. The van der Waals surface area contributed by atoms with Crippen LogP contribution in [-0.4, -0.2) is 39.0 Å². The number of hydrogen-bond donors (Lipinski definition) is 0. The molecule has 0 N–H and O–H groups in total. The minimum absolute atomic E-state index is 0.00733. The molecule has 0 unspecified atom stereocenters. The molecule has 0 aliphatic carbocycles. The molecule has 1 aliphatic rings. The fourth-order valence-electron chi connectivity index (χ4n) is 2.35. The summed E-state index contributed by atoms with van der Waals surface area (Å²) in [6.07, 6.45) is 1.09. The van der Waals surface area contributed by atoms with Crippen LogP contribution < -0.4 is 0 Å². The summed E-state index contributed by atoms with van der Waals surface area (Å²) in [6, 6.07) is 1.87. The van der Waals surface area contributed by atoms with Crippen molar-refractivity contribution in [2.75, 3.05) is 20.2 Å². The Morgan fingerprint density at radius 2 is 1.95 bits per heavy atom. The van der Waals surface area contributed by atoms with Crippen LogP contribution >= 0.6 is 11.6 Å². The summed E-state index contributed by atoms with van der Waals surface area (Å²) in [5.41, 5.74) is -0.426. The lowest BCUT2D eigenvalue weighted by Crippen LogP contribution is -2.40. The molecule has 0 amide bonds. The molecule has 0 radical (unpaired) electrons. The van der Waals surface area contributed by atoms with Gasteiger partial charge in [0.25, 0.3) is 0 Å². The van der Waals surface area contributed by atoms with Gasteiger partial charge in [0.05, 0.1) is 12.0 Å². The third-order valence-electron chi connectivity index (χ3n) is 3.64. The molecule has 0 aromatic heterocycles. The Hall–Kier alpha value is -0.760. The van der Waals surface area contributed by atoms with Crippen molar-refractivity contribution in [3.05, 3.63) is 29.3 Å². The van der Waals surface area contributed by atoms with E-state index in [0.717, 1.165) is 12.1 Å². The van der Waals surface area contributed by atoms with Crippen molar-refractivity contribution in [2.24, 2.45) is 0 Å². The van der Waals surface area contributed by atoms with Gasteiger partial charge in [-0.25, -0.2) is 17.2 Å². The van der Waals surface area contributed by atoms with Gasteiger partial charge in [-0.05, 0) is 25.0 Å². The molecular weight excluding hydrogens is 324 g/mol. The maximum Gasteiger partial charge on any atom is 0.246 e. The Morgan fingerprint density at radius 1 is 1.33 bits per heavy atom. The van der Waals surface area contributed by atoms with Crippen LogP contribution in [0.1, 0.15) is 18.4 Å². The highest BCUT2D eigenvalue weighted by Gasteiger charge is 2.32. The van der Waals surface area contributed by atoms with Gasteiger partial charge < -0.3 is 4.74 Å². The van der Waals surface area contributed by atoms with E-state index in [1.54, 1.807) is 7.11 Å². The average molecular weight is 340 g/mol. The van der Waals surface area contributed by atoms with E-state index in [9.17, 15) is 17.2 Å². The van der Waals surface area contributed by atoms with Gasteiger partial charge in [-0.2, -0.15) is 4.31 Å². The molecule has 0 saturated carbocycles. The lowest BCUT2D eigenvalue weighted by atomic mass is 10.1. The Balaban J connectivity index is 2.33. The van der Waals surface area contributed by atoms with Crippen molar-refractivity contribution in [2.45, 2.75) is 29.7 Å². The zero-order valence-corrected chi connectivity index (χ0v) is 13.1. The molecule has 21 heavy (non-hydrogen) atoms. The highest BCUT2D eigenvalue weighted by molar-refractivity contribution is 7.89. The van der Waals surface area contributed by atoms with Crippen molar-refractivity contribution in [3.8, 4) is 0 Å². The Morgan fingerprint density at radius 3 is 2.48 bits per heavy atom. The maximum atomic E-state index is 14.2. The van der Waals surface area contributed by atoms with Crippen molar-refractivity contribution in [3.63, 3.8) is 0 Å². The van der Waals surface area contributed by atoms with Gasteiger partial charge in [0.1, 0.15) is 10.7 Å². The van der Waals surface area contributed by atoms with Crippen LogP contribution in [0, 0.1) is 11.6 Å². The van der Waals surface area contributed by atoms with E-state index in [1.807, 2.05) is 0 Å². The highest BCUT2D eigenvalue weighted by atomic mass is 35.5. The van der Waals surface area contributed by atoms with Crippen LogP contribution in [0.25, 0.3) is 0 Å². The monoisotopic (exact) mass is 339 g/mol. The summed E-state index contributed by atoms with van der Waals surface area (Å²) >= 11 is 5.48. The number of nitrogens with zero attached hydrogens (tertiary/aromatic N) is 1. The summed E-state index contributed by atoms with van der Waals surface area (Å²) in [6.45, 7) is 0.488. The minimum atomic E-state index is -4.00. The topological polar surface area (TPSA) is 46.6 Å². The molecule has 1 aromatic rings. The van der Waals surface area contributed by atoms with Crippen molar-refractivity contribution in [1.82, 2.24) is 4.31 Å². The van der Waals surface area contributed by atoms with Crippen LogP contribution in [-0.2, 0) is 20.6 Å². The first kappa shape index (κ1) is 16.6. The van der Waals surface area contributed by atoms with Crippen LogP contribution in [0.2, 0.25) is 0 Å². The molecule has 8 heteroatoms. The van der Waals surface area contributed by atoms with Crippen LogP contribution in [0.15, 0.2) is 17.0 Å². The van der Waals surface area contributed by atoms with E-state index in [2.05, 4.69) is 0 Å². The number of ether oxygens (including phenoxy) is 1. The van der Waals surface area contributed by atoms with Gasteiger partial charge in [-0.15, -0.1) is 11.6 Å². The van der Waals surface area contributed by atoms with E-state index in [1.165, 1.54) is 4.31 Å². The van der Waals surface area contributed by atoms with E-state index in [0.29, 0.717) is 12.8 Å². The smallest absolute Gasteiger partial charge is 0.246 e. The fourth-order valence-corrected chi connectivity index (χ4v) is 4.15. The summed E-state index contributed by atoms with van der Waals surface area (Å²) in [5.74, 6) is -2.38. The number of sulfonamides is 1. The predicted octanol–water partition coefficient (Wildman–Crippen LogP) is 2.50. The Bertz CT molecular complexity index is 616. The number of halogens is 3. The minimum Gasteiger partial charge on any atom is -0.381 e. The molecule has 0 atom stereocenters. The first-order valence-corrected chi connectivity index (χ1v) is 8.45. The van der Waals surface area contributed by atoms with Crippen molar-refractivity contribution < 1.29 is 21.9 Å². The van der Waals surface area contributed by atoms with Crippen LogP contribution in [0.3, 0.4) is 0 Å². The van der Waals surface area contributed by atoms with Gasteiger partial charge in [-0.1, -0.05) is 0 Å². The summed E-state index contributed by atoms with van der Waals surface area (Å²) < 4.78 is 58.9. The average Bonchev–Trinajstić information content (AvgIpc) is 2.47. The number of methoxy groups -OCH3 is 1. The second-order valence-electron chi connectivity index (χ2n) is 4.81. The summed E-state index contributed by atoms with van der Waals surface area (Å²) in [5, 5.41) is 0. The standard InChI is InChI=1S/C13H16ClF2NO3S/c1-20-9-4-6-17(7-5-9)21(18,19)12-3-2-11(15)10(8-14)13(12)16/h2-3,9H,4-8H2,1H3. The highest BCUT2D eigenvalue weighted by Crippen LogP contribution is 2.27. The Labute approximate surface area is 127 Å². The van der Waals surface area contributed by atoms with Gasteiger partial charge in [0.15, 0.2) is 5.82 Å². The Kier molecular flexibility index (Phi) is 5.19. The molecule has 1 fully saturated rings. The maximum absolute atomic E-state index is 14.2. The van der Waals surface area contributed by atoms with Crippen LogP contribution in [0.5, 0.6) is 0 Å². The second-order valence-corrected chi connectivity index (χ2v) is 6.98. The predicted molar refractivity (Wildman–Crippen MR) is 74.7 cm³/mol. The van der Waals surface area contributed by atoms with Gasteiger partial charge in [0, 0.05) is 25.8 Å². The molecule has 4 nitrogen and oxygen atoms in total. The van der Waals surface area contributed by atoms with Crippen LogP contribution in [0.4, 0.5) is 8.78 Å². The molecule has 1 aliphatic heterocycles. The number of rotatable bonds is 4. The van der Waals surface area contributed by atoms with E-state index in [4.69, 9.17) is 16.3 Å². The quantitative estimate of drug-likeness (QED) is 0.792. The third kappa shape index (κ3) is 3.21. The summed E-state index contributed by atoms with van der Waals surface area (Å²) in [7, 11) is -2.43. The second kappa shape index (κ2) is 6.56. The van der Waals surface area contributed by atoms with Gasteiger partial charge >= 0.3 is 0 Å². The lowest BCUT2D eigenvalue weighted by molar-refractivity contribution is 0.0604. The zero-order chi connectivity index (χ0) is 15.6. The lowest BCUT2D eigenvalue weighted by Gasteiger charge is -2.30. The number of hydrogen-bond acceptors (Lipinski definition) is 3. The molecule has 118 valence electrons. The van der Waals surface area contributed by atoms with Crippen molar-refractivity contribution >= 4 is 21.6 Å². The molecule has 1 heterocycles. The SMILES string of the molecule is COC1CCN(S(=O)(=O)c2ccc(F)c(CCl)c2F)CC1. The fraction of sp³-hybridized carbons (Fsp3) is 0.538. The number of piperidine rings is 1. The summed E-state index contributed by atoms with van der Waals surface area (Å²) in [4.78, 5) is -0.532. The largest absolute Gasteiger partial charge is 0.381 e. The molecule has 2 rings (SSSR count). The molecule has 0 bridgehead atoms. The first-order chi connectivity index (χ1) is 9.91. The first-order valence-electron chi connectivity index (χ1n) is 6.47. The van der Waals surface area contributed by atoms with Gasteiger partial charge in [-0.3, -0.25) is 0 Å². The molecular formula is C13H16ClF2NO3S. The number of benzene rings is 1. The van der Waals surface area contributed by atoms with E-state index >= 15 is 0 Å². The number of alkyl halides is 1. The third-order valence-corrected chi connectivity index (χ3v) is 5.82. The molecule has 1 aromatic carbocycles. The zero-order valence-electron chi connectivity index (χ0n) is 11.5. The van der Waals surface area contributed by atoms with E-state index < -0.39 is 38.0 Å². The van der Waals surface area contributed by atoms with Crippen molar-refractivity contribution in [1.29, 1.82) is 0 Å².